The number of aromatic nitrogens is 4. The van der Waals surface area contributed by atoms with Crippen molar-refractivity contribution in [3.63, 3.8) is 0 Å². The van der Waals surface area contributed by atoms with Gasteiger partial charge in [0.1, 0.15) is 0 Å². The van der Waals surface area contributed by atoms with E-state index in [1.54, 1.807) is 7.05 Å². The van der Waals surface area contributed by atoms with E-state index in [0.717, 1.165) is 44.2 Å². The number of allylic oxidation sites excluding steroid dienone is 1. The third kappa shape index (κ3) is 4.49. The molecular formula is C23H30N6O2. The Hall–Kier alpha value is -3.13. The second kappa shape index (κ2) is 8.93. The van der Waals surface area contributed by atoms with Gasteiger partial charge in [-0.25, -0.2) is 4.79 Å². The van der Waals surface area contributed by atoms with Crippen molar-refractivity contribution in [3.05, 3.63) is 62.8 Å². The van der Waals surface area contributed by atoms with Crippen LogP contribution in [-0.4, -0.2) is 56.7 Å². The van der Waals surface area contributed by atoms with Crippen LogP contribution in [0.25, 0.3) is 17.2 Å². The molecule has 1 fully saturated rings. The first-order chi connectivity index (χ1) is 14.9. The van der Waals surface area contributed by atoms with E-state index in [1.807, 2.05) is 47.1 Å². The quantitative estimate of drug-likeness (QED) is 0.657. The minimum absolute atomic E-state index is 0.400. The molecule has 1 aliphatic heterocycles. The van der Waals surface area contributed by atoms with Crippen LogP contribution >= 0.6 is 0 Å². The van der Waals surface area contributed by atoms with Crippen LogP contribution in [0.3, 0.4) is 0 Å². The van der Waals surface area contributed by atoms with Gasteiger partial charge < -0.3 is 9.47 Å². The fourth-order valence-corrected chi connectivity index (χ4v) is 4.14. The SMILES string of the molecule is CC(C)CN1CCN(c2nc3c(c(=O)[nH]c(=O)n3C)n2C/C=C/c2ccccc2)CC1. The molecule has 31 heavy (non-hydrogen) atoms. The summed E-state index contributed by atoms with van der Waals surface area (Å²) in [5.41, 5.74) is 1.09. The van der Waals surface area contributed by atoms with Crippen LogP contribution in [0.1, 0.15) is 19.4 Å². The first-order valence-electron chi connectivity index (χ1n) is 10.8. The van der Waals surface area contributed by atoms with Crippen LogP contribution in [0.15, 0.2) is 46.0 Å². The van der Waals surface area contributed by atoms with Crippen molar-refractivity contribution in [2.75, 3.05) is 37.6 Å². The van der Waals surface area contributed by atoms with Crippen LogP contribution in [0.2, 0.25) is 0 Å². The number of aryl methyl sites for hydroxylation is 1. The summed E-state index contributed by atoms with van der Waals surface area (Å²) in [6.45, 7) is 9.63. The molecule has 0 amide bonds. The van der Waals surface area contributed by atoms with Gasteiger partial charge in [-0.3, -0.25) is 19.2 Å². The van der Waals surface area contributed by atoms with E-state index >= 15 is 0 Å². The third-order valence-electron chi connectivity index (χ3n) is 5.66. The molecule has 2 aromatic heterocycles. The highest BCUT2D eigenvalue weighted by Gasteiger charge is 2.24. The number of piperazine rings is 1. The van der Waals surface area contributed by atoms with E-state index in [9.17, 15) is 9.59 Å². The molecule has 0 atom stereocenters. The van der Waals surface area contributed by atoms with Gasteiger partial charge >= 0.3 is 5.69 Å². The molecule has 8 heteroatoms. The largest absolute Gasteiger partial charge is 0.340 e. The van der Waals surface area contributed by atoms with Gasteiger partial charge in [0.05, 0.1) is 0 Å². The Bertz CT molecular complexity index is 1180. The lowest BCUT2D eigenvalue weighted by atomic mass is 10.2. The van der Waals surface area contributed by atoms with Gasteiger partial charge in [0.2, 0.25) is 5.95 Å². The van der Waals surface area contributed by atoms with Gasteiger partial charge in [0.25, 0.3) is 5.56 Å². The third-order valence-corrected chi connectivity index (χ3v) is 5.66. The van der Waals surface area contributed by atoms with Crippen molar-refractivity contribution in [2.24, 2.45) is 13.0 Å². The fourth-order valence-electron chi connectivity index (χ4n) is 4.14. The molecule has 0 radical (unpaired) electrons. The highest BCUT2D eigenvalue weighted by molar-refractivity contribution is 5.74. The topological polar surface area (TPSA) is 79.2 Å². The molecule has 1 aliphatic rings. The summed E-state index contributed by atoms with van der Waals surface area (Å²) in [7, 11) is 1.64. The lowest BCUT2D eigenvalue weighted by Gasteiger charge is -2.36. The molecule has 3 aromatic rings. The van der Waals surface area contributed by atoms with Crippen LogP contribution < -0.4 is 16.1 Å². The van der Waals surface area contributed by atoms with Crippen molar-refractivity contribution < 1.29 is 0 Å². The van der Waals surface area contributed by atoms with Crippen LogP contribution in [0.4, 0.5) is 5.95 Å². The smallest absolute Gasteiger partial charge is 0.329 e. The molecule has 1 N–H and O–H groups in total. The molecule has 0 aliphatic carbocycles. The van der Waals surface area contributed by atoms with Crippen LogP contribution in [-0.2, 0) is 13.6 Å². The Labute approximate surface area is 181 Å². The molecule has 4 rings (SSSR count). The summed E-state index contributed by atoms with van der Waals surface area (Å²) in [5.74, 6) is 1.37. The van der Waals surface area contributed by atoms with E-state index in [4.69, 9.17) is 4.98 Å². The number of H-pyrrole nitrogens is 1. The van der Waals surface area contributed by atoms with E-state index in [1.165, 1.54) is 4.57 Å². The Morgan fingerprint density at radius 1 is 1.10 bits per heavy atom. The fraction of sp³-hybridized carbons (Fsp3) is 0.435. The lowest BCUT2D eigenvalue weighted by molar-refractivity contribution is 0.230. The molecular weight excluding hydrogens is 392 g/mol. The summed E-state index contributed by atoms with van der Waals surface area (Å²) >= 11 is 0. The summed E-state index contributed by atoms with van der Waals surface area (Å²) in [6.07, 6.45) is 4.06. The van der Waals surface area contributed by atoms with Gasteiger partial charge in [-0.2, -0.15) is 4.98 Å². The van der Waals surface area contributed by atoms with E-state index < -0.39 is 11.2 Å². The van der Waals surface area contributed by atoms with Crippen molar-refractivity contribution >= 4 is 23.2 Å². The molecule has 8 nitrogen and oxygen atoms in total. The maximum Gasteiger partial charge on any atom is 0.329 e. The van der Waals surface area contributed by atoms with Crippen molar-refractivity contribution in [1.82, 2.24) is 24.0 Å². The van der Waals surface area contributed by atoms with E-state index in [0.29, 0.717) is 23.6 Å². The van der Waals surface area contributed by atoms with Crippen molar-refractivity contribution in [2.45, 2.75) is 20.4 Å². The highest BCUT2D eigenvalue weighted by Crippen LogP contribution is 2.21. The minimum Gasteiger partial charge on any atom is -0.340 e. The maximum atomic E-state index is 12.7. The predicted octanol–water partition coefficient (Wildman–Crippen LogP) is 1.91. The number of aromatic amines is 1. The van der Waals surface area contributed by atoms with Crippen molar-refractivity contribution in [1.29, 1.82) is 0 Å². The van der Waals surface area contributed by atoms with Gasteiger partial charge in [0, 0.05) is 46.3 Å². The second-order valence-corrected chi connectivity index (χ2v) is 8.51. The maximum absolute atomic E-state index is 12.7. The zero-order valence-corrected chi connectivity index (χ0v) is 18.4. The van der Waals surface area contributed by atoms with Gasteiger partial charge in [-0.05, 0) is 11.5 Å². The lowest BCUT2D eigenvalue weighted by Crippen LogP contribution is -2.48. The van der Waals surface area contributed by atoms with Crippen molar-refractivity contribution in [3.8, 4) is 0 Å². The number of imidazole rings is 1. The van der Waals surface area contributed by atoms with E-state index in [2.05, 4.69) is 28.6 Å². The Balaban J connectivity index is 1.69. The first-order valence-corrected chi connectivity index (χ1v) is 10.8. The number of hydrogen-bond acceptors (Lipinski definition) is 5. The van der Waals surface area contributed by atoms with Crippen LogP contribution in [0.5, 0.6) is 0 Å². The van der Waals surface area contributed by atoms with Gasteiger partial charge in [0.15, 0.2) is 11.2 Å². The molecule has 0 bridgehead atoms. The Morgan fingerprint density at radius 3 is 2.48 bits per heavy atom. The molecule has 0 unspecified atom stereocenters. The number of benzene rings is 1. The number of nitrogens with zero attached hydrogens (tertiary/aromatic N) is 5. The standard InChI is InChI=1S/C23H30N6O2/c1-17(2)16-27-12-14-28(15-13-27)22-24-20-19(21(30)25-23(31)26(20)3)29(22)11-7-10-18-8-5-4-6-9-18/h4-10,17H,11-16H2,1-3H3,(H,25,30,31)/b10-7+. The summed E-state index contributed by atoms with van der Waals surface area (Å²) in [4.78, 5) is 36.7. The molecule has 164 valence electrons. The molecule has 0 saturated carbocycles. The number of hydrogen-bond donors (Lipinski definition) is 1. The van der Waals surface area contributed by atoms with E-state index in [-0.39, 0.29) is 0 Å². The average molecular weight is 423 g/mol. The predicted molar refractivity (Wildman–Crippen MR) is 125 cm³/mol. The molecule has 0 spiro atoms. The first kappa shape index (κ1) is 21.1. The number of rotatable bonds is 6. The normalized spacial score (nSPS) is 15.5. The Morgan fingerprint density at radius 2 is 1.81 bits per heavy atom. The van der Waals surface area contributed by atoms with Crippen LogP contribution in [0, 0.1) is 5.92 Å². The second-order valence-electron chi connectivity index (χ2n) is 8.51. The van der Waals surface area contributed by atoms with Gasteiger partial charge in [-0.1, -0.05) is 56.3 Å². The summed E-state index contributed by atoms with van der Waals surface area (Å²) in [6, 6.07) is 10.0. The molecule has 3 heterocycles. The molecule has 1 saturated heterocycles. The summed E-state index contributed by atoms with van der Waals surface area (Å²) < 4.78 is 3.33. The minimum atomic E-state index is -0.449. The zero-order valence-electron chi connectivity index (χ0n) is 18.4. The number of anilines is 1. The Kier molecular flexibility index (Phi) is 6.08. The van der Waals surface area contributed by atoms with Gasteiger partial charge in [-0.15, -0.1) is 0 Å². The monoisotopic (exact) mass is 422 g/mol. The summed E-state index contributed by atoms with van der Waals surface area (Å²) in [5, 5.41) is 0. The number of nitrogens with one attached hydrogen (secondary N) is 1. The highest BCUT2D eigenvalue weighted by atomic mass is 16.2. The molecule has 1 aromatic carbocycles. The number of fused-ring (bicyclic) bond motifs is 1. The average Bonchev–Trinajstić information content (AvgIpc) is 3.13. The zero-order chi connectivity index (χ0) is 22.0.